The van der Waals surface area contributed by atoms with Crippen molar-refractivity contribution in [3.63, 3.8) is 0 Å². The summed E-state index contributed by atoms with van der Waals surface area (Å²) in [6, 6.07) is 5.88. The Hall–Kier alpha value is -2.25. The van der Waals surface area contributed by atoms with E-state index < -0.39 is 5.97 Å². The van der Waals surface area contributed by atoms with E-state index in [1.807, 2.05) is 17.8 Å². The standard InChI is InChI=1S/C24H31NO5S/c1-5-18-8-7-16-11-17(15-30-9-6-10-31-4)23(28-2)12-19(16)21-13-22(26)20(14-25(18)21)24(27)29-3/h11-14,18H,5-10,15H2,1-4H3. The molecule has 31 heavy (non-hydrogen) atoms. The summed E-state index contributed by atoms with van der Waals surface area (Å²) in [5, 5.41) is 0. The van der Waals surface area contributed by atoms with E-state index in [-0.39, 0.29) is 17.0 Å². The molecule has 1 aromatic heterocycles. The van der Waals surface area contributed by atoms with Gasteiger partial charge in [-0.1, -0.05) is 6.92 Å². The second kappa shape index (κ2) is 10.9. The zero-order chi connectivity index (χ0) is 22.4. The third-order valence-corrected chi connectivity index (χ3v) is 6.47. The minimum absolute atomic E-state index is 0.0652. The van der Waals surface area contributed by atoms with Gasteiger partial charge >= 0.3 is 5.97 Å². The van der Waals surface area contributed by atoms with Crippen LogP contribution in [-0.2, 0) is 22.5 Å². The summed E-state index contributed by atoms with van der Waals surface area (Å²) < 4.78 is 18.4. The van der Waals surface area contributed by atoms with Gasteiger partial charge in [0, 0.05) is 36.0 Å². The second-order valence-corrected chi connectivity index (χ2v) is 8.64. The van der Waals surface area contributed by atoms with Crippen LogP contribution in [0, 0.1) is 0 Å². The van der Waals surface area contributed by atoms with E-state index in [2.05, 4.69) is 23.8 Å². The largest absolute Gasteiger partial charge is 0.496 e. The van der Waals surface area contributed by atoms with E-state index in [0.717, 1.165) is 54.0 Å². The number of ether oxygens (including phenoxy) is 3. The van der Waals surface area contributed by atoms with E-state index in [4.69, 9.17) is 14.2 Å². The van der Waals surface area contributed by atoms with Crippen molar-refractivity contribution in [3.8, 4) is 17.0 Å². The number of esters is 1. The molecule has 0 saturated heterocycles. The molecule has 1 aliphatic heterocycles. The first-order valence-electron chi connectivity index (χ1n) is 10.6. The molecule has 0 radical (unpaired) electrons. The average molecular weight is 446 g/mol. The number of fused-ring (bicyclic) bond motifs is 3. The Morgan fingerprint density at radius 3 is 2.74 bits per heavy atom. The van der Waals surface area contributed by atoms with Crippen molar-refractivity contribution in [1.29, 1.82) is 0 Å². The van der Waals surface area contributed by atoms with Crippen LogP contribution in [0.15, 0.2) is 29.2 Å². The lowest BCUT2D eigenvalue weighted by atomic mass is 9.97. The lowest BCUT2D eigenvalue weighted by Gasteiger charge is -2.21. The zero-order valence-corrected chi connectivity index (χ0v) is 19.5. The van der Waals surface area contributed by atoms with Gasteiger partial charge in [-0.2, -0.15) is 11.8 Å². The molecule has 6 nitrogen and oxygen atoms in total. The summed E-state index contributed by atoms with van der Waals surface area (Å²) in [5.74, 6) is 1.22. The van der Waals surface area contributed by atoms with Gasteiger partial charge in [-0.3, -0.25) is 4.79 Å². The number of hydrogen-bond donors (Lipinski definition) is 0. The normalized spacial score (nSPS) is 15.0. The lowest BCUT2D eigenvalue weighted by molar-refractivity contribution is 0.0598. The maximum absolute atomic E-state index is 12.7. The molecule has 3 rings (SSSR count). The molecule has 1 unspecified atom stereocenters. The molecule has 1 aliphatic rings. The summed E-state index contributed by atoms with van der Waals surface area (Å²) in [4.78, 5) is 24.8. The summed E-state index contributed by atoms with van der Waals surface area (Å²) in [6.07, 6.45) is 7.46. The van der Waals surface area contributed by atoms with Crippen molar-refractivity contribution in [3.05, 3.63) is 51.3 Å². The van der Waals surface area contributed by atoms with Crippen LogP contribution in [0.5, 0.6) is 5.75 Å². The summed E-state index contributed by atoms with van der Waals surface area (Å²) in [6.45, 7) is 3.33. The van der Waals surface area contributed by atoms with Crippen LogP contribution in [0.3, 0.4) is 0 Å². The first-order valence-corrected chi connectivity index (χ1v) is 12.0. The predicted molar refractivity (Wildman–Crippen MR) is 124 cm³/mol. The minimum Gasteiger partial charge on any atom is -0.496 e. The third kappa shape index (κ3) is 5.15. The molecule has 0 spiro atoms. The Morgan fingerprint density at radius 2 is 2.06 bits per heavy atom. The molecule has 7 heteroatoms. The molecular weight excluding hydrogens is 414 g/mol. The highest BCUT2D eigenvalue weighted by atomic mass is 32.2. The summed E-state index contributed by atoms with van der Waals surface area (Å²) in [5.41, 5.74) is 3.69. The number of benzene rings is 1. The number of carbonyl (C=O) groups excluding carboxylic acids is 1. The molecule has 168 valence electrons. The molecule has 1 atom stereocenters. The highest BCUT2D eigenvalue weighted by Gasteiger charge is 2.25. The Balaban J connectivity index is 2.04. The van der Waals surface area contributed by atoms with Gasteiger partial charge in [0.15, 0.2) is 5.43 Å². The number of hydrogen-bond acceptors (Lipinski definition) is 6. The van der Waals surface area contributed by atoms with Gasteiger partial charge in [0.25, 0.3) is 0 Å². The highest BCUT2D eigenvalue weighted by molar-refractivity contribution is 7.98. The van der Waals surface area contributed by atoms with Gasteiger partial charge in [-0.15, -0.1) is 0 Å². The highest BCUT2D eigenvalue weighted by Crippen LogP contribution is 2.38. The van der Waals surface area contributed by atoms with Crippen LogP contribution >= 0.6 is 11.8 Å². The molecule has 0 aliphatic carbocycles. The van der Waals surface area contributed by atoms with Gasteiger partial charge in [0.2, 0.25) is 0 Å². The van der Waals surface area contributed by atoms with Crippen LogP contribution in [-0.4, -0.2) is 43.4 Å². The summed E-state index contributed by atoms with van der Waals surface area (Å²) >= 11 is 1.82. The van der Waals surface area contributed by atoms with Crippen LogP contribution in [0.25, 0.3) is 11.3 Å². The number of thioether (sulfide) groups is 1. The number of carbonyl (C=O) groups is 1. The molecule has 0 saturated carbocycles. The fourth-order valence-corrected chi connectivity index (χ4v) is 4.51. The molecule has 0 amide bonds. The molecule has 2 heterocycles. The van der Waals surface area contributed by atoms with E-state index in [0.29, 0.717) is 13.2 Å². The monoisotopic (exact) mass is 445 g/mol. The Morgan fingerprint density at radius 1 is 1.26 bits per heavy atom. The van der Waals surface area contributed by atoms with E-state index in [9.17, 15) is 9.59 Å². The molecule has 0 bridgehead atoms. The zero-order valence-electron chi connectivity index (χ0n) is 18.7. The lowest BCUT2D eigenvalue weighted by Crippen LogP contribution is -2.21. The SMILES string of the molecule is CCC1CCc2cc(COCCCSC)c(OC)cc2-c2cc(=O)c(C(=O)OC)cn21. The van der Waals surface area contributed by atoms with Crippen molar-refractivity contribution in [1.82, 2.24) is 4.57 Å². The fraction of sp³-hybridized carbons (Fsp3) is 0.500. The van der Waals surface area contributed by atoms with Crippen LogP contribution in [0.1, 0.15) is 53.7 Å². The average Bonchev–Trinajstić information content (AvgIpc) is 2.93. The summed E-state index contributed by atoms with van der Waals surface area (Å²) in [7, 11) is 2.94. The molecular formula is C24H31NO5S. The molecule has 0 fully saturated rings. The van der Waals surface area contributed by atoms with Gasteiger partial charge < -0.3 is 18.8 Å². The number of nitrogens with zero attached hydrogens (tertiary/aromatic N) is 1. The first kappa shape index (κ1) is 23.4. The van der Waals surface area contributed by atoms with Crippen molar-refractivity contribution >= 4 is 17.7 Å². The number of pyridine rings is 1. The van der Waals surface area contributed by atoms with Crippen LogP contribution < -0.4 is 10.2 Å². The van der Waals surface area contributed by atoms with Crippen molar-refractivity contribution in [2.45, 2.75) is 45.3 Å². The predicted octanol–water partition coefficient (Wildman–Crippen LogP) is 4.48. The molecule has 0 N–H and O–H groups in total. The van der Waals surface area contributed by atoms with E-state index in [1.54, 1.807) is 19.4 Å². The molecule has 1 aromatic carbocycles. The maximum atomic E-state index is 12.7. The molecule has 2 aromatic rings. The number of aryl methyl sites for hydroxylation is 1. The first-order chi connectivity index (χ1) is 15.0. The topological polar surface area (TPSA) is 66.8 Å². The van der Waals surface area contributed by atoms with Gasteiger partial charge in [0.1, 0.15) is 11.3 Å². The second-order valence-electron chi connectivity index (χ2n) is 7.66. The Bertz CT molecular complexity index is 985. The van der Waals surface area contributed by atoms with Gasteiger partial charge in [-0.25, -0.2) is 4.79 Å². The maximum Gasteiger partial charge on any atom is 0.343 e. The van der Waals surface area contributed by atoms with Crippen molar-refractivity contribution < 1.29 is 19.0 Å². The minimum atomic E-state index is -0.605. The van der Waals surface area contributed by atoms with Gasteiger partial charge in [0.05, 0.1) is 26.5 Å². The number of rotatable bonds is 9. The van der Waals surface area contributed by atoms with Gasteiger partial charge in [-0.05, 0) is 55.4 Å². The fourth-order valence-electron chi connectivity index (χ4n) is 4.10. The smallest absolute Gasteiger partial charge is 0.343 e. The Kier molecular flexibility index (Phi) is 8.21. The number of aromatic nitrogens is 1. The van der Waals surface area contributed by atoms with Crippen LogP contribution in [0.2, 0.25) is 0 Å². The Labute approximate surface area is 187 Å². The van der Waals surface area contributed by atoms with E-state index >= 15 is 0 Å². The quantitative estimate of drug-likeness (QED) is 0.419. The van der Waals surface area contributed by atoms with Crippen molar-refractivity contribution in [2.24, 2.45) is 0 Å². The number of methoxy groups -OCH3 is 2. The van der Waals surface area contributed by atoms with Crippen LogP contribution in [0.4, 0.5) is 0 Å². The third-order valence-electron chi connectivity index (χ3n) is 5.77. The van der Waals surface area contributed by atoms with E-state index in [1.165, 1.54) is 12.7 Å². The van der Waals surface area contributed by atoms with Crippen molar-refractivity contribution in [2.75, 3.05) is 32.8 Å².